The Labute approximate surface area is 246 Å². The number of nitrogens with one attached hydrogen (secondary N) is 2. The van der Waals surface area contributed by atoms with Gasteiger partial charge in [0.1, 0.15) is 5.69 Å². The van der Waals surface area contributed by atoms with Crippen molar-refractivity contribution in [3.8, 4) is 22.6 Å². The van der Waals surface area contributed by atoms with Gasteiger partial charge in [0.2, 0.25) is 0 Å². The minimum Gasteiger partial charge on any atom is -0.490 e. The molecule has 1 aromatic heterocycles. The molecular formula is C32H25Cl2N3O4. The van der Waals surface area contributed by atoms with E-state index in [2.05, 4.69) is 15.5 Å². The van der Waals surface area contributed by atoms with Gasteiger partial charge in [-0.25, -0.2) is 10.2 Å². The molecule has 0 aliphatic rings. The van der Waals surface area contributed by atoms with Gasteiger partial charge in [-0.2, -0.15) is 5.10 Å². The van der Waals surface area contributed by atoms with Crippen molar-refractivity contribution in [3.63, 3.8) is 0 Å². The monoisotopic (exact) mass is 585 g/mol. The van der Waals surface area contributed by atoms with Crippen molar-refractivity contribution >= 4 is 52.2 Å². The van der Waals surface area contributed by atoms with Crippen LogP contribution in [-0.4, -0.2) is 29.7 Å². The van der Waals surface area contributed by atoms with Crippen molar-refractivity contribution < 1.29 is 19.1 Å². The third-order valence-electron chi connectivity index (χ3n) is 6.24. The Bertz CT molecular complexity index is 1760. The number of aryl methyl sites for hydroxylation is 1. The molecule has 4 aromatic carbocycles. The normalized spacial score (nSPS) is 11.1. The lowest BCUT2D eigenvalue weighted by Crippen LogP contribution is -2.18. The average Bonchev–Trinajstić information content (AvgIpc) is 3.35. The SMILES string of the molecule is CCOc1cc(C=NNC(=O)c2[nH]c3cc(Cl)cc(Cl)c3c2-c2ccccc2)ccc1OC(=O)c1ccc(C)cc1. The maximum Gasteiger partial charge on any atom is 0.343 e. The molecule has 9 heteroatoms. The van der Waals surface area contributed by atoms with Gasteiger partial charge in [0.25, 0.3) is 5.91 Å². The lowest BCUT2D eigenvalue weighted by molar-refractivity contribution is 0.0728. The minimum atomic E-state index is -0.492. The number of hydrogen-bond acceptors (Lipinski definition) is 5. The fourth-order valence-electron chi connectivity index (χ4n) is 4.34. The Kier molecular flexibility index (Phi) is 8.38. The van der Waals surface area contributed by atoms with E-state index in [9.17, 15) is 9.59 Å². The third-order valence-corrected chi connectivity index (χ3v) is 6.76. The summed E-state index contributed by atoms with van der Waals surface area (Å²) in [6, 6.07) is 24.9. The Morgan fingerprint density at radius 3 is 2.44 bits per heavy atom. The van der Waals surface area contributed by atoms with Crippen LogP contribution in [0.3, 0.4) is 0 Å². The third kappa shape index (κ3) is 6.27. The fourth-order valence-corrected chi connectivity index (χ4v) is 4.93. The molecule has 0 radical (unpaired) electrons. The zero-order valence-corrected chi connectivity index (χ0v) is 23.7. The molecule has 5 aromatic rings. The molecule has 5 rings (SSSR count). The number of hydrogen-bond donors (Lipinski definition) is 2. The summed E-state index contributed by atoms with van der Waals surface area (Å²) in [4.78, 5) is 29.0. The quantitative estimate of drug-likeness (QED) is 0.0839. The molecule has 0 unspecified atom stereocenters. The molecule has 0 bridgehead atoms. The summed E-state index contributed by atoms with van der Waals surface area (Å²) in [6.07, 6.45) is 1.47. The predicted molar refractivity (Wildman–Crippen MR) is 163 cm³/mol. The highest BCUT2D eigenvalue weighted by Gasteiger charge is 2.21. The van der Waals surface area contributed by atoms with Gasteiger partial charge in [-0.1, -0.05) is 71.2 Å². The molecule has 1 amide bonds. The van der Waals surface area contributed by atoms with Crippen LogP contribution in [-0.2, 0) is 0 Å². The minimum absolute atomic E-state index is 0.278. The molecule has 2 N–H and O–H groups in total. The van der Waals surface area contributed by atoms with Gasteiger partial charge in [0.05, 0.1) is 23.4 Å². The van der Waals surface area contributed by atoms with E-state index in [1.807, 2.05) is 56.3 Å². The van der Waals surface area contributed by atoms with Crippen LogP contribution >= 0.6 is 23.2 Å². The summed E-state index contributed by atoms with van der Waals surface area (Å²) in [5.41, 5.74) is 7.06. The summed E-state index contributed by atoms with van der Waals surface area (Å²) in [7, 11) is 0. The standard InChI is InChI=1S/C32H25Cl2N3O4/c1-3-40-27-15-20(11-14-26(27)41-32(39)22-12-9-19(2)10-13-22)18-35-37-31(38)30-28(21-7-5-4-6-8-21)29-24(34)16-23(33)17-25(29)36-30/h4-18,36H,3H2,1-2H3,(H,37,38). The summed E-state index contributed by atoms with van der Waals surface area (Å²) in [6.45, 7) is 4.14. The molecule has 0 spiro atoms. The molecule has 1 heterocycles. The van der Waals surface area contributed by atoms with Crippen molar-refractivity contribution in [1.29, 1.82) is 0 Å². The summed E-state index contributed by atoms with van der Waals surface area (Å²) < 4.78 is 11.3. The number of esters is 1. The first kappa shape index (κ1) is 28.0. The van der Waals surface area contributed by atoms with Crippen LogP contribution in [0.15, 0.2) is 90.0 Å². The number of rotatable bonds is 8. The summed E-state index contributed by atoms with van der Waals surface area (Å²) in [5.74, 6) is -0.304. The molecule has 0 saturated heterocycles. The van der Waals surface area contributed by atoms with Crippen LogP contribution in [0.4, 0.5) is 0 Å². The smallest absolute Gasteiger partial charge is 0.343 e. The lowest BCUT2D eigenvalue weighted by Gasteiger charge is -2.11. The largest absolute Gasteiger partial charge is 0.490 e. The van der Waals surface area contributed by atoms with Crippen LogP contribution in [0, 0.1) is 6.92 Å². The fraction of sp³-hybridized carbons (Fsp3) is 0.0938. The van der Waals surface area contributed by atoms with Crippen molar-refractivity contribution in [1.82, 2.24) is 10.4 Å². The molecule has 0 fully saturated rings. The van der Waals surface area contributed by atoms with Crippen molar-refractivity contribution in [2.75, 3.05) is 6.61 Å². The summed E-state index contributed by atoms with van der Waals surface area (Å²) >= 11 is 12.7. The number of carbonyl (C=O) groups is 2. The maximum absolute atomic E-state index is 13.3. The number of ether oxygens (including phenoxy) is 2. The molecule has 0 aliphatic heterocycles. The van der Waals surface area contributed by atoms with Gasteiger partial charge in [-0.15, -0.1) is 0 Å². The van der Waals surface area contributed by atoms with E-state index in [1.54, 1.807) is 42.5 Å². The molecular weight excluding hydrogens is 561 g/mol. The number of aromatic amines is 1. The van der Waals surface area contributed by atoms with Gasteiger partial charge >= 0.3 is 5.97 Å². The van der Waals surface area contributed by atoms with Crippen molar-refractivity contribution in [2.45, 2.75) is 13.8 Å². The van der Waals surface area contributed by atoms with Crippen LogP contribution in [0.2, 0.25) is 10.0 Å². The number of aromatic nitrogens is 1. The number of benzene rings is 4. The van der Waals surface area contributed by atoms with E-state index in [0.29, 0.717) is 55.7 Å². The first-order chi connectivity index (χ1) is 19.8. The average molecular weight is 586 g/mol. The zero-order valence-electron chi connectivity index (χ0n) is 22.2. The molecule has 0 aliphatic carbocycles. The van der Waals surface area contributed by atoms with E-state index >= 15 is 0 Å². The maximum atomic E-state index is 13.3. The predicted octanol–water partition coefficient (Wildman–Crippen LogP) is 7.83. The molecule has 41 heavy (non-hydrogen) atoms. The highest BCUT2D eigenvalue weighted by Crippen LogP contribution is 2.38. The van der Waals surface area contributed by atoms with Crippen LogP contribution in [0.1, 0.15) is 38.9 Å². The van der Waals surface area contributed by atoms with Gasteiger partial charge in [-0.3, -0.25) is 4.79 Å². The number of hydrazone groups is 1. The summed E-state index contributed by atoms with van der Waals surface area (Å²) in [5, 5.41) is 5.71. The molecule has 7 nitrogen and oxygen atoms in total. The second-order valence-electron chi connectivity index (χ2n) is 9.15. The van der Waals surface area contributed by atoms with E-state index in [1.165, 1.54) is 6.21 Å². The topological polar surface area (TPSA) is 92.8 Å². The first-order valence-electron chi connectivity index (χ1n) is 12.8. The number of fused-ring (bicyclic) bond motifs is 1. The van der Waals surface area contributed by atoms with Crippen LogP contribution < -0.4 is 14.9 Å². The lowest BCUT2D eigenvalue weighted by atomic mass is 10.0. The van der Waals surface area contributed by atoms with Gasteiger partial charge in [-0.05, 0) is 67.4 Å². The molecule has 0 atom stereocenters. The van der Waals surface area contributed by atoms with E-state index < -0.39 is 11.9 Å². The Balaban J connectivity index is 1.37. The first-order valence-corrected chi connectivity index (χ1v) is 13.5. The second kappa shape index (κ2) is 12.3. The van der Waals surface area contributed by atoms with Crippen LogP contribution in [0.5, 0.6) is 11.5 Å². The number of H-pyrrole nitrogens is 1. The van der Waals surface area contributed by atoms with Crippen molar-refractivity contribution in [3.05, 3.63) is 117 Å². The van der Waals surface area contributed by atoms with E-state index in [-0.39, 0.29) is 5.75 Å². The van der Waals surface area contributed by atoms with E-state index in [0.717, 1.165) is 11.1 Å². The number of amides is 1. The highest BCUT2D eigenvalue weighted by atomic mass is 35.5. The van der Waals surface area contributed by atoms with Crippen molar-refractivity contribution in [2.24, 2.45) is 5.10 Å². The Morgan fingerprint density at radius 1 is 0.951 bits per heavy atom. The van der Waals surface area contributed by atoms with Gasteiger partial charge in [0.15, 0.2) is 11.5 Å². The number of nitrogens with zero attached hydrogens (tertiary/aromatic N) is 1. The number of halogens is 2. The molecule has 206 valence electrons. The van der Waals surface area contributed by atoms with Gasteiger partial charge in [0, 0.05) is 21.5 Å². The molecule has 0 saturated carbocycles. The van der Waals surface area contributed by atoms with Crippen LogP contribution in [0.25, 0.3) is 22.0 Å². The Morgan fingerprint density at radius 2 is 1.71 bits per heavy atom. The van der Waals surface area contributed by atoms with E-state index in [4.69, 9.17) is 32.7 Å². The second-order valence-corrected chi connectivity index (χ2v) is 9.99. The number of carbonyl (C=O) groups excluding carboxylic acids is 2. The highest BCUT2D eigenvalue weighted by molar-refractivity contribution is 6.40. The Hall–Kier alpha value is -4.59. The van der Waals surface area contributed by atoms with Gasteiger partial charge < -0.3 is 14.5 Å². The zero-order chi connectivity index (χ0) is 28.9.